The van der Waals surface area contributed by atoms with Gasteiger partial charge >= 0.3 is 0 Å². The summed E-state index contributed by atoms with van der Waals surface area (Å²) >= 11 is 3.31. The largest absolute Gasteiger partial charge is 0.504 e. The van der Waals surface area contributed by atoms with Crippen LogP contribution in [-0.4, -0.2) is 23.3 Å². The summed E-state index contributed by atoms with van der Waals surface area (Å²) in [4.78, 5) is 0. The van der Waals surface area contributed by atoms with E-state index in [0.29, 0.717) is 5.92 Å². The van der Waals surface area contributed by atoms with Gasteiger partial charge in [0, 0.05) is 4.47 Å². The van der Waals surface area contributed by atoms with E-state index in [4.69, 9.17) is 0 Å². The van der Waals surface area contributed by atoms with E-state index < -0.39 is 0 Å². The fourth-order valence-corrected chi connectivity index (χ4v) is 2.49. The predicted octanol–water partition coefficient (Wildman–Crippen LogP) is 2.01. The van der Waals surface area contributed by atoms with E-state index in [1.807, 2.05) is 6.07 Å². The third-order valence-electron chi connectivity index (χ3n) is 2.80. The molecule has 0 spiro atoms. The van der Waals surface area contributed by atoms with Crippen LogP contribution in [0.2, 0.25) is 0 Å². The second kappa shape index (κ2) is 4.41. The lowest BCUT2D eigenvalue weighted by molar-refractivity contribution is 0.395. The van der Waals surface area contributed by atoms with Gasteiger partial charge in [0.05, 0.1) is 0 Å². The molecule has 0 saturated carbocycles. The first-order valence-corrected chi connectivity index (χ1v) is 5.87. The zero-order valence-corrected chi connectivity index (χ0v) is 9.92. The van der Waals surface area contributed by atoms with E-state index in [0.717, 1.165) is 36.0 Å². The average molecular weight is 272 g/mol. The number of hydrogen-bond acceptors (Lipinski definition) is 3. The van der Waals surface area contributed by atoms with E-state index in [1.54, 1.807) is 0 Å². The Balaban J connectivity index is 2.19. The molecule has 1 aliphatic rings. The van der Waals surface area contributed by atoms with Crippen LogP contribution in [0.15, 0.2) is 16.6 Å². The van der Waals surface area contributed by atoms with Crippen molar-refractivity contribution in [1.82, 2.24) is 5.32 Å². The van der Waals surface area contributed by atoms with Crippen LogP contribution >= 0.6 is 15.9 Å². The number of phenols is 2. The monoisotopic (exact) mass is 271 g/mol. The molecule has 1 fully saturated rings. The Morgan fingerprint density at radius 3 is 2.87 bits per heavy atom. The van der Waals surface area contributed by atoms with Crippen LogP contribution < -0.4 is 5.32 Å². The number of aromatic hydroxyl groups is 2. The maximum absolute atomic E-state index is 9.69. The minimum absolute atomic E-state index is 0.0186. The van der Waals surface area contributed by atoms with Crippen molar-refractivity contribution >= 4 is 15.9 Å². The molecule has 0 amide bonds. The van der Waals surface area contributed by atoms with E-state index in [-0.39, 0.29) is 11.5 Å². The Morgan fingerprint density at radius 2 is 2.20 bits per heavy atom. The van der Waals surface area contributed by atoms with Gasteiger partial charge in [-0.2, -0.15) is 0 Å². The zero-order valence-electron chi connectivity index (χ0n) is 8.33. The third kappa shape index (κ3) is 2.44. The Morgan fingerprint density at radius 1 is 1.40 bits per heavy atom. The van der Waals surface area contributed by atoms with Gasteiger partial charge in [0.25, 0.3) is 0 Å². The van der Waals surface area contributed by atoms with E-state index in [1.165, 1.54) is 6.07 Å². The van der Waals surface area contributed by atoms with Crippen LogP contribution in [0.4, 0.5) is 0 Å². The van der Waals surface area contributed by atoms with Crippen molar-refractivity contribution in [2.45, 2.75) is 12.8 Å². The molecule has 3 nitrogen and oxygen atoms in total. The lowest BCUT2D eigenvalue weighted by Gasteiger charge is -2.11. The van der Waals surface area contributed by atoms with Gasteiger partial charge in [0.15, 0.2) is 11.5 Å². The molecule has 1 atom stereocenters. The second-order valence-corrected chi connectivity index (χ2v) is 4.91. The van der Waals surface area contributed by atoms with Gasteiger partial charge in [-0.3, -0.25) is 0 Å². The van der Waals surface area contributed by atoms with Crippen LogP contribution in [0.3, 0.4) is 0 Å². The summed E-state index contributed by atoms with van der Waals surface area (Å²) in [5.74, 6) is 0.528. The normalized spacial score (nSPS) is 20.7. The van der Waals surface area contributed by atoms with Crippen LogP contribution in [0.5, 0.6) is 11.5 Å². The number of rotatable bonds is 2. The third-order valence-corrected chi connectivity index (χ3v) is 3.26. The molecule has 2 rings (SSSR count). The molecule has 1 aromatic rings. The maximum Gasteiger partial charge on any atom is 0.160 e. The van der Waals surface area contributed by atoms with Crippen LogP contribution in [0.25, 0.3) is 0 Å². The van der Waals surface area contributed by atoms with Gasteiger partial charge in [-0.25, -0.2) is 0 Å². The fraction of sp³-hybridized carbons (Fsp3) is 0.455. The van der Waals surface area contributed by atoms with Gasteiger partial charge in [0.2, 0.25) is 0 Å². The zero-order chi connectivity index (χ0) is 10.8. The van der Waals surface area contributed by atoms with Crippen molar-refractivity contribution in [2.24, 2.45) is 5.92 Å². The van der Waals surface area contributed by atoms with Gasteiger partial charge in [-0.05, 0) is 49.5 Å². The van der Waals surface area contributed by atoms with Crippen molar-refractivity contribution in [2.75, 3.05) is 13.1 Å². The molecule has 1 unspecified atom stereocenters. The molecule has 0 aliphatic carbocycles. The fourth-order valence-electron chi connectivity index (χ4n) is 2.00. The summed E-state index contributed by atoms with van der Waals surface area (Å²) < 4.78 is 0.804. The summed E-state index contributed by atoms with van der Waals surface area (Å²) in [5, 5.41) is 22.4. The summed E-state index contributed by atoms with van der Waals surface area (Å²) in [6, 6.07) is 3.37. The molecule has 0 radical (unpaired) electrons. The highest BCUT2D eigenvalue weighted by molar-refractivity contribution is 9.10. The first-order valence-electron chi connectivity index (χ1n) is 5.08. The minimum Gasteiger partial charge on any atom is -0.504 e. The van der Waals surface area contributed by atoms with Crippen molar-refractivity contribution in [1.29, 1.82) is 0 Å². The first-order chi connectivity index (χ1) is 7.16. The molecular weight excluding hydrogens is 258 g/mol. The molecule has 0 aromatic heterocycles. The number of benzene rings is 1. The number of phenolic OH excluding ortho intramolecular Hbond substituents is 2. The number of halogens is 1. The molecule has 1 aromatic carbocycles. The Labute approximate surface area is 97.3 Å². The second-order valence-electron chi connectivity index (χ2n) is 4.00. The first kappa shape index (κ1) is 10.8. The summed E-state index contributed by atoms with van der Waals surface area (Å²) in [6.07, 6.45) is 1.94. The van der Waals surface area contributed by atoms with E-state index >= 15 is 0 Å². The molecule has 3 N–H and O–H groups in total. The van der Waals surface area contributed by atoms with Gasteiger partial charge in [-0.15, -0.1) is 0 Å². The maximum atomic E-state index is 9.69. The predicted molar refractivity (Wildman–Crippen MR) is 62.2 cm³/mol. The van der Waals surface area contributed by atoms with Gasteiger partial charge in [0.1, 0.15) is 0 Å². The van der Waals surface area contributed by atoms with Crippen LogP contribution in [-0.2, 0) is 6.42 Å². The van der Waals surface area contributed by atoms with Gasteiger partial charge in [-0.1, -0.05) is 15.9 Å². The summed E-state index contributed by atoms with van der Waals surface area (Å²) in [7, 11) is 0. The smallest absolute Gasteiger partial charge is 0.160 e. The Hall–Kier alpha value is -0.740. The molecule has 1 saturated heterocycles. The summed E-state index contributed by atoms with van der Waals surface area (Å²) in [5.41, 5.74) is 0.815. The van der Waals surface area contributed by atoms with Crippen LogP contribution in [0.1, 0.15) is 12.0 Å². The van der Waals surface area contributed by atoms with Crippen molar-refractivity contribution in [3.63, 3.8) is 0 Å². The van der Waals surface area contributed by atoms with Crippen LogP contribution in [0, 0.1) is 5.92 Å². The standard InChI is InChI=1S/C11H14BrNO2/c12-9-4-8(11(15)10(14)5-9)3-7-1-2-13-6-7/h4-5,7,13-15H,1-3,6H2. The quantitative estimate of drug-likeness (QED) is 0.722. The molecule has 15 heavy (non-hydrogen) atoms. The van der Waals surface area contributed by atoms with Crippen molar-refractivity contribution in [3.8, 4) is 11.5 Å². The Kier molecular flexibility index (Phi) is 3.17. The number of nitrogens with one attached hydrogen (secondary N) is 1. The lowest BCUT2D eigenvalue weighted by atomic mass is 9.98. The molecule has 1 aliphatic heterocycles. The molecule has 0 bridgehead atoms. The molecule has 1 heterocycles. The molecule has 4 heteroatoms. The minimum atomic E-state index is -0.0506. The highest BCUT2D eigenvalue weighted by Gasteiger charge is 2.18. The highest BCUT2D eigenvalue weighted by atomic mass is 79.9. The van der Waals surface area contributed by atoms with Crippen molar-refractivity contribution in [3.05, 3.63) is 22.2 Å². The topological polar surface area (TPSA) is 52.5 Å². The van der Waals surface area contributed by atoms with E-state index in [9.17, 15) is 10.2 Å². The van der Waals surface area contributed by atoms with Crippen molar-refractivity contribution < 1.29 is 10.2 Å². The highest BCUT2D eigenvalue weighted by Crippen LogP contribution is 2.34. The SMILES string of the molecule is Oc1cc(Br)cc(CC2CCNC2)c1O. The summed E-state index contributed by atoms with van der Waals surface area (Å²) in [6.45, 7) is 2.04. The molecular formula is C11H14BrNO2. The lowest BCUT2D eigenvalue weighted by Crippen LogP contribution is -2.10. The van der Waals surface area contributed by atoms with Gasteiger partial charge < -0.3 is 15.5 Å². The molecule has 82 valence electrons. The Bertz CT molecular complexity index is 362. The average Bonchev–Trinajstić information content (AvgIpc) is 2.66. The number of hydrogen-bond donors (Lipinski definition) is 3. The van der Waals surface area contributed by atoms with E-state index in [2.05, 4.69) is 21.2 Å².